The fourth-order valence-electron chi connectivity index (χ4n) is 4.59. The summed E-state index contributed by atoms with van der Waals surface area (Å²) in [6.07, 6.45) is 4.24. The first kappa shape index (κ1) is 28.5. The van der Waals surface area contributed by atoms with Crippen molar-refractivity contribution in [3.63, 3.8) is 0 Å². The molecule has 3 aromatic rings. The summed E-state index contributed by atoms with van der Waals surface area (Å²) in [7, 11) is -3.93. The van der Waals surface area contributed by atoms with E-state index in [1.54, 1.807) is 23.1 Å². The molecular weight excluding hydrogens is 510 g/mol. The van der Waals surface area contributed by atoms with Crippen molar-refractivity contribution in [2.75, 3.05) is 45.9 Å². The minimum atomic E-state index is -3.93. The highest BCUT2D eigenvalue weighted by Gasteiger charge is 2.30. The standard InChI is InChI=1S/C31H37N3O4S/c1-3-38-30-17-16-29(23-26(30)2)39(36,37)34(24-28-13-8-5-9-14-28)25-31(35)33-21-19-32(20-22-33)18-10-15-27-11-6-4-7-12-27/h4-17,23H,3,18-22,24-25H2,1-2H3/b15-10+. The van der Waals surface area contributed by atoms with Crippen LogP contribution < -0.4 is 4.74 Å². The van der Waals surface area contributed by atoms with E-state index in [9.17, 15) is 13.2 Å². The summed E-state index contributed by atoms with van der Waals surface area (Å²) in [5.74, 6) is 0.468. The maximum absolute atomic E-state index is 13.8. The van der Waals surface area contributed by atoms with E-state index in [0.717, 1.165) is 36.3 Å². The van der Waals surface area contributed by atoms with E-state index in [2.05, 4.69) is 29.2 Å². The van der Waals surface area contributed by atoms with Crippen molar-refractivity contribution < 1.29 is 17.9 Å². The van der Waals surface area contributed by atoms with Crippen molar-refractivity contribution in [2.24, 2.45) is 0 Å². The van der Waals surface area contributed by atoms with Gasteiger partial charge in [-0.05, 0) is 48.7 Å². The molecule has 0 radical (unpaired) electrons. The molecule has 1 fully saturated rings. The maximum Gasteiger partial charge on any atom is 0.243 e. The molecule has 1 aliphatic heterocycles. The molecule has 1 amide bonds. The Bertz CT molecular complexity index is 1350. The van der Waals surface area contributed by atoms with Gasteiger partial charge in [-0.1, -0.05) is 72.8 Å². The minimum Gasteiger partial charge on any atom is -0.494 e. The van der Waals surface area contributed by atoms with E-state index in [-0.39, 0.29) is 23.9 Å². The number of piperazine rings is 1. The van der Waals surface area contributed by atoms with Crippen LogP contribution >= 0.6 is 0 Å². The van der Waals surface area contributed by atoms with Crippen LogP contribution in [0.1, 0.15) is 23.6 Å². The van der Waals surface area contributed by atoms with Gasteiger partial charge < -0.3 is 9.64 Å². The highest BCUT2D eigenvalue weighted by molar-refractivity contribution is 7.89. The van der Waals surface area contributed by atoms with E-state index in [1.165, 1.54) is 4.31 Å². The molecule has 0 aliphatic carbocycles. The van der Waals surface area contributed by atoms with Crippen LogP contribution in [0, 0.1) is 6.92 Å². The van der Waals surface area contributed by atoms with Gasteiger partial charge in [0, 0.05) is 39.3 Å². The Kier molecular flexibility index (Phi) is 9.92. The summed E-state index contributed by atoms with van der Waals surface area (Å²) in [6, 6.07) is 24.4. The van der Waals surface area contributed by atoms with Crippen LogP contribution in [-0.2, 0) is 21.4 Å². The van der Waals surface area contributed by atoms with Crippen LogP contribution in [0.3, 0.4) is 0 Å². The van der Waals surface area contributed by atoms with Crippen molar-refractivity contribution in [1.29, 1.82) is 0 Å². The molecule has 3 aromatic carbocycles. The normalized spacial score (nSPS) is 14.7. The summed E-state index contributed by atoms with van der Waals surface area (Å²) < 4.78 is 34.4. The van der Waals surface area contributed by atoms with Gasteiger partial charge in [0.1, 0.15) is 5.75 Å². The lowest BCUT2D eigenvalue weighted by molar-refractivity contribution is -0.133. The second-order valence-electron chi connectivity index (χ2n) is 9.61. The molecule has 8 heteroatoms. The minimum absolute atomic E-state index is 0.116. The number of hydrogen-bond acceptors (Lipinski definition) is 5. The molecule has 0 unspecified atom stereocenters. The molecule has 206 valence electrons. The van der Waals surface area contributed by atoms with Crippen LogP contribution in [0.25, 0.3) is 6.08 Å². The highest BCUT2D eigenvalue weighted by Crippen LogP contribution is 2.25. The van der Waals surface area contributed by atoms with E-state index in [4.69, 9.17) is 4.74 Å². The molecule has 0 aromatic heterocycles. The van der Waals surface area contributed by atoms with Crippen molar-refractivity contribution in [1.82, 2.24) is 14.1 Å². The molecule has 0 bridgehead atoms. The molecular formula is C31H37N3O4S. The van der Waals surface area contributed by atoms with Gasteiger partial charge in [0.15, 0.2) is 0 Å². The van der Waals surface area contributed by atoms with Gasteiger partial charge in [0.25, 0.3) is 0 Å². The Labute approximate surface area is 232 Å². The number of hydrogen-bond donors (Lipinski definition) is 0. The predicted octanol–water partition coefficient (Wildman–Crippen LogP) is 4.44. The molecule has 39 heavy (non-hydrogen) atoms. The van der Waals surface area contributed by atoms with E-state index < -0.39 is 10.0 Å². The lowest BCUT2D eigenvalue weighted by Gasteiger charge is -2.35. The quantitative estimate of drug-likeness (QED) is 0.355. The number of carbonyl (C=O) groups excluding carboxylic acids is 1. The second-order valence-corrected chi connectivity index (χ2v) is 11.6. The predicted molar refractivity (Wildman–Crippen MR) is 155 cm³/mol. The van der Waals surface area contributed by atoms with Crippen molar-refractivity contribution in [3.05, 3.63) is 102 Å². The summed E-state index contributed by atoms with van der Waals surface area (Å²) in [5, 5.41) is 0. The summed E-state index contributed by atoms with van der Waals surface area (Å²) in [4.78, 5) is 17.6. The molecule has 7 nitrogen and oxygen atoms in total. The third-order valence-corrected chi connectivity index (χ3v) is 8.58. The van der Waals surface area contributed by atoms with Gasteiger partial charge in [-0.25, -0.2) is 8.42 Å². The average Bonchev–Trinajstić information content (AvgIpc) is 2.95. The number of nitrogens with zero attached hydrogens (tertiary/aromatic N) is 3. The average molecular weight is 548 g/mol. The Morgan fingerprint density at radius 2 is 1.62 bits per heavy atom. The number of amides is 1. The fraction of sp³-hybridized carbons (Fsp3) is 0.323. The zero-order valence-electron chi connectivity index (χ0n) is 22.7. The van der Waals surface area contributed by atoms with Gasteiger partial charge in [-0.15, -0.1) is 0 Å². The van der Waals surface area contributed by atoms with E-state index in [0.29, 0.717) is 25.4 Å². The van der Waals surface area contributed by atoms with Crippen LogP contribution in [0.4, 0.5) is 0 Å². The van der Waals surface area contributed by atoms with Gasteiger partial charge in [0.05, 0.1) is 18.0 Å². The fourth-order valence-corrected chi connectivity index (χ4v) is 6.06. The number of sulfonamides is 1. The third kappa shape index (κ3) is 7.79. The van der Waals surface area contributed by atoms with E-state index in [1.807, 2.05) is 62.4 Å². The van der Waals surface area contributed by atoms with Crippen molar-refractivity contribution >= 4 is 22.0 Å². The van der Waals surface area contributed by atoms with Crippen LogP contribution in [-0.4, -0.2) is 74.3 Å². The van der Waals surface area contributed by atoms with Crippen molar-refractivity contribution in [2.45, 2.75) is 25.3 Å². The summed E-state index contributed by atoms with van der Waals surface area (Å²) in [6.45, 7) is 7.55. The number of rotatable bonds is 11. The number of benzene rings is 3. The monoisotopic (exact) mass is 547 g/mol. The van der Waals surface area contributed by atoms with Crippen LogP contribution in [0.15, 0.2) is 89.8 Å². The molecule has 4 rings (SSSR count). The maximum atomic E-state index is 13.8. The Morgan fingerprint density at radius 3 is 2.26 bits per heavy atom. The van der Waals surface area contributed by atoms with Crippen LogP contribution in [0.5, 0.6) is 5.75 Å². The van der Waals surface area contributed by atoms with Gasteiger partial charge in [-0.2, -0.15) is 4.31 Å². The second kappa shape index (κ2) is 13.6. The first-order chi connectivity index (χ1) is 18.9. The van der Waals surface area contributed by atoms with Gasteiger partial charge >= 0.3 is 0 Å². The molecule has 0 saturated carbocycles. The zero-order chi connectivity index (χ0) is 27.7. The lowest BCUT2D eigenvalue weighted by atomic mass is 10.2. The van der Waals surface area contributed by atoms with E-state index >= 15 is 0 Å². The Morgan fingerprint density at radius 1 is 0.949 bits per heavy atom. The first-order valence-electron chi connectivity index (χ1n) is 13.4. The summed E-state index contributed by atoms with van der Waals surface area (Å²) in [5.41, 5.74) is 2.72. The molecule has 1 aliphatic rings. The Balaban J connectivity index is 1.42. The molecule has 0 N–H and O–H groups in total. The molecule has 1 heterocycles. The van der Waals surface area contributed by atoms with Crippen molar-refractivity contribution in [3.8, 4) is 5.75 Å². The lowest BCUT2D eigenvalue weighted by Crippen LogP contribution is -2.51. The first-order valence-corrected chi connectivity index (χ1v) is 14.8. The zero-order valence-corrected chi connectivity index (χ0v) is 23.5. The smallest absolute Gasteiger partial charge is 0.243 e. The summed E-state index contributed by atoms with van der Waals surface area (Å²) >= 11 is 0. The topological polar surface area (TPSA) is 70.2 Å². The number of ether oxygens (including phenoxy) is 1. The highest BCUT2D eigenvalue weighted by atomic mass is 32.2. The number of carbonyl (C=O) groups is 1. The SMILES string of the molecule is CCOc1ccc(S(=O)(=O)N(CC(=O)N2CCN(C/C=C/c3ccccc3)CC2)Cc2ccccc2)cc1C. The molecule has 1 saturated heterocycles. The molecule has 0 atom stereocenters. The third-order valence-electron chi connectivity index (χ3n) is 6.80. The largest absolute Gasteiger partial charge is 0.494 e. The van der Waals surface area contributed by atoms with Crippen LogP contribution in [0.2, 0.25) is 0 Å². The number of aryl methyl sites for hydroxylation is 1. The molecule has 0 spiro atoms. The van der Waals surface area contributed by atoms with Gasteiger partial charge in [-0.3, -0.25) is 9.69 Å². The Hall–Kier alpha value is -3.46. The van der Waals surface area contributed by atoms with Gasteiger partial charge in [0.2, 0.25) is 15.9 Å².